The normalized spacial score (nSPS) is 27.8. The van der Waals surface area contributed by atoms with Crippen molar-refractivity contribution in [1.82, 2.24) is 5.32 Å². The topological polar surface area (TPSA) is 64.6 Å². The van der Waals surface area contributed by atoms with Gasteiger partial charge in [0.1, 0.15) is 5.78 Å². The van der Waals surface area contributed by atoms with E-state index < -0.39 is 0 Å². The first-order valence-electron chi connectivity index (χ1n) is 12.9. The highest BCUT2D eigenvalue weighted by atomic mass is 16.5. The van der Waals surface area contributed by atoms with Crippen LogP contribution in [0, 0.1) is 17.8 Å². The summed E-state index contributed by atoms with van der Waals surface area (Å²) in [5.74, 6) is 1.62. The summed E-state index contributed by atoms with van der Waals surface area (Å²) in [6.45, 7) is 10.1. The smallest absolute Gasteiger partial charge is 0.220 e. The molecule has 31 heavy (non-hydrogen) atoms. The van der Waals surface area contributed by atoms with Crippen molar-refractivity contribution in [2.45, 2.75) is 123 Å². The Balaban J connectivity index is 1.49. The van der Waals surface area contributed by atoms with Gasteiger partial charge in [-0.2, -0.15) is 0 Å². The van der Waals surface area contributed by atoms with Gasteiger partial charge in [-0.25, -0.2) is 0 Å². The van der Waals surface area contributed by atoms with E-state index in [1.54, 1.807) is 0 Å². The summed E-state index contributed by atoms with van der Waals surface area (Å²) in [4.78, 5) is 24.6. The minimum absolute atomic E-state index is 0.127. The fraction of sp³-hybridized carbons (Fsp3) is 0.923. The average Bonchev–Trinajstić information content (AvgIpc) is 2.77. The molecule has 2 aliphatic carbocycles. The number of carbonyl (C=O) groups is 2. The Kier molecular flexibility index (Phi) is 12.1. The lowest BCUT2D eigenvalue weighted by molar-refractivity contribution is -0.127. The highest BCUT2D eigenvalue weighted by molar-refractivity contribution is 5.83. The van der Waals surface area contributed by atoms with Crippen LogP contribution in [0.15, 0.2) is 0 Å². The molecule has 1 amide bonds. The lowest BCUT2D eigenvalue weighted by Gasteiger charge is -2.30. The predicted octanol–water partition coefficient (Wildman–Crippen LogP) is 5.45. The number of ether oxygens (including phenoxy) is 2. The number of rotatable bonds is 13. The Labute approximate surface area is 190 Å². The third-order valence-electron chi connectivity index (χ3n) is 7.16. The number of Topliss-reactive ketones (excluding diaryl/α,β-unsaturated/α-hetero) is 1. The van der Waals surface area contributed by atoms with E-state index in [1.165, 1.54) is 0 Å². The van der Waals surface area contributed by atoms with Gasteiger partial charge in [0, 0.05) is 37.5 Å². The minimum atomic E-state index is 0.127. The molecule has 5 heteroatoms. The molecule has 2 rings (SSSR count). The maximum absolute atomic E-state index is 12.3. The average molecular weight is 438 g/mol. The molecule has 0 aliphatic heterocycles. The summed E-state index contributed by atoms with van der Waals surface area (Å²) < 4.78 is 12.0. The van der Waals surface area contributed by atoms with Gasteiger partial charge in [0.05, 0.1) is 12.2 Å². The summed E-state index contributed by atoms with van der Waals surface area (Å²) in [5.41, 5.74) is 0. The van der Waals surface area contributed by atoms with Gasteiger partial charge in [0.15, 0.2) is 0 Å². The van der Waals surface area contributed by atoms with E-state index in [0.717, 1.165) is 77.2 Å². The SMILES string of the molecule is CCC(C)C(=O)C1CCC(NC(=O)CCCOC2CCC(OCCC(C)C)CC2)CC1. The second-order valence-electron chi connectivity index (χ2n) is 10.3. The lowest BCUT2D eigenvalue weighted by atomic mass is 9.79. The maximum Gasteiger partial charge on any atom is 0.220 e. The van der Waals surface area contributed by atoms with Gasteiger partial charge in [-0.3, -0.25) is 9.59 Å². The molecule has 2 fully saturated rings. The quantitative estimate of drug-likeness (QED) is 0.389. The van der Waals surface area contributed by atoms with E-state index in [4.69, 9.17) is 9.47 Å². The second kappa shape index (κ2) is 14.3. The van der Waals surface area contributed by atoms with E-state index in [-0.39, 0.29) is 23.8 Å². The largest absolute Gasteiger partial charge is 0.378 e. The van der Waals surface area contributed by atoms with E-state index in [2.05, 4.69) is 26.1 Å². The third-order valence-corrected chi connectivity index (χ3v) is 7.16. The fourth-order valence-electron chi connectivity index (χ4n) is 4.74. The van der Waals surface area contributed by atoms with Crippen molar-refractivity contribution in [3.8, 4) is 0 Å². The number of ketones is 1. The molecule has 0 aromatic heterocycles. The molecular formula is C26H47NO4. The van der Waals surface area contributed by atoms with Gasteiger partial charge >= 0.3 is 0 Å². The van der Waals surface area contributed by atoms with E-state index >= 15 is 0 Å². The Morgan fingerprint density at radius 1 is 0.871 bits per heavy atom. The van der Waals surface area contributed by atoms with Crippen molar-refractivity contribution < 1.29 is 19.1 Å². The molecule has 1 N–H and O–H groups in total. The minimum Gasteiger partial charge on any atom is -0.378 e. The van der Waals surface area contributed by atoms with Crippen LogP contribution in [0.3, 0.4) is 0 Å². The van der Waals surface area contributed by atoms with Crippen LogP contribution in [0.4, 0.5) is 0 Å². The van der Waals surface area contributed by atoms with Crippen LogP contribution in [0.2, 0.25) is 0 Å². The Morgan fingerprint density at radius 2 is 1.45 bits per heavy atom. The van der Waals surface area contributed by atoms with Crippen LogP contribution in [0.5, 0.6) is 0 Å². The van der Waals surface area contributed by atoms with Crippen molar-refractivity contribution in [3.63, 3.8) is 0 Å². The monoisotopic (exact) mass is 437 g/mol. The number of carbonyl (C=O) groups excluding carboxylic acids is 2. The summed E-state index contributed by atoms with van der Waals surface area (Å²) in [7, 11) is 0. The van der Waals surface area contributed by atoms with E-state index in [0.29, 0.717) is 36.9 Å². The molecular weight excluding hydrogens is 390 g/mol. The zero-order valence-electron chi connectivity index (χ0n) is 20.5. The highest BCUT2D eigenvalue weighted by Gasteiger charge is 2.29. The molecule has 180 valence electrons. The number of nitrogens with one attached hydrogen (secondary N) is 1. The Bertz CT molecular complexity index is 520. The Morgan fingerprint density at radius 3 is 2.00 bits per heavy atom. The van der Waals surface area contributed by atoms with Crippen molar-refractivity contribution in [3.05, 3.63) is 0 Å². The molecule has 0 saturated heterocycles. The molecule has 0 heterocycles. The van der Waals surface area contributed by atoms with Gasteiger partial charge in [-0.1, -0.05) is 27.7 Å². The van der Waals surface area contributed by atoms with E-state index in [9.17, 15) is 9.59 Å². The fourth-order valence-corrected chi connectivity index (χ4v) is 4.74. The molecule has 0 aromatic rings. The van der Waals surface area contributed by atoms with Crippen LogP contribution in [0.25, 0.3) is 0 Å². The molecule has 0 radical (unpaired) electrons. The molecule has 1 unspecified atom stereocenters. The van der Waals surface area contributed by atoms with E-state index in [1.807, 2.05) is 6.92 Å². The molecule has 0 bridgehead atoms. The van der Waals surface area contributed by atoms with Gasteiger partial charge in [-0.05, 0) is 76.5 Å². The summed E-state index contributed by atoms with van der Waals surface area (Å²) in [6.07, 6.45) is 12.1. The van der Waals surface area contributed by atoms with Gasteiger partial charge in [0.2, 0.25) is 5.91 Å². The molecule has 1 atom stereocenters. The summed E-state index contributed by atoms with van der Waals surface area (Å²) in [6, 6.07) is 0.236. The van der Waals surface area contributed by atoms with Gasteiger partial charge in [0.25, 0.3) is 0 Å². The van der Waals surface area contributed by atoms with Crippen LogP contribution in [-0.4, -0.2) is 43.2 Å². The van der Waals surface area contributed by atoms with Crippen LogP contribution >= 0.6 is 0 Å². The van der Waals surface area contributed by atoms with Crippen molar-refractivity contribution in [2.24, 2.45) is 17.8 Å². The van der Waals surface area contributed by atoms with Crippen LogP contribution < -0.4 is 5.32 Å². The predicted molar refractivity (Wildman–Crippen MR) is 125 cm³/mol. The van der Waals surface area contributed by atoms with Crippen molar-refractivity contribution >= 4 is 11.7 Å². The first kappa shape index (κ1) is 26.3. The standard InChI is InChI=1S/C26H47NO4/c1-5-20(4)26(29)21-8-10-22(11-9-21)27-25(28)7-6-17-30-23-12-14-24(15-13-23)31-18-16-19(2)3/h19-24H,5-18H2,1-4H3,(H,27,28). The van der Waals surface area contributed by atoms with Crippen LogP contribution in [-0.2, 0) is 19.1 Å². The molecule has 2 saturated carbocycles. The summed E-state index contributed by atoms with van der Waals surface area (Å²) >= 11 is 0. The zero-order valence-corrected chi connectivity index (χ0v) is 20.5. The number of hydrogen-bond donors (Lipinski definition) is 1. The maximum atomic E-state index is 12.3. The molecule has 5 nitrogen and oxygen atoms in total. The van der Waals surface area contributed by atoms with Crippen molar-refractivity contribution in [2.75, 3.05) is 13.2 Å². The summed E-state index contributed by atoms with van der Waals surface area (Å²) in [5, 5.41) is 3.17. The first-order chi connectivity index (χ1) is 14.9. The molecule has 0 aromatic carbocycles. The second-order valence-corrected chi connectivity index (χ2v) is 10.3. The van der Waals surface area contributed by atoms with Crippen LogP contribution in [0.1, 0.15) is 105 Å². The lowest BCUT2D eigenvalue weighted by Crippen LogP contribution is -2.39. The first-order valence-corrected chi connectivity index (χ1v) is 12.9. The zero-order chi connectivity index (χ0) is 22.6. The Hall–Kier alpha value is -0.940. The molecule has 2 aliphatic rings. The van der Waals surface area contributed by atoms with Crippen molar-refractivity contribution in [1.29, 1.82) is 0 Å². The number of hydrogen-bond acceptors (Lipinski definition) is 4. The van der Waals surface area contributed by atoms with Gasteiger partial charge in [-0.15, -0.1) is 0 Å². The highest BCUT2D eigenvalue weighted by Crippen LogP contribution is 2.28. The molecule has 0 spiro atoms. The van der Waals surface area contributed by atoms with Gasteiger partial charge < -0.3 is 14.8 Å². The third kappa shape index (κ3) is 10.0. The number of amides is 1.